The average Bonchev–Trinajstić information content (AvgIpc) is 3.01. The SMILES string of the molecule is O=Cc1ccc(-c2ccccc2)c(CN2CCCC2)c1. The van der Waals surface area contributed by atoms with Crippen LogP contribution in [0.3, 0.4) is 0 Å². The monoisotopic (exact) mass is 265 g/mol. The first-order valence-corrected chi connectivity index (χ1v) is 7.23. The van der Waals surface area contributed by atoms with Gasteiger partial charge in [-0.1, -0.05) is 42.5 Å². The van der Waals surface area contributed by atoms with E-state index in [1.807, 2.05) is 18.2 Å². The Bertz CT molecular complexity index is 586. The maximum atomic E-state index is 11.0. The molecule has 1 fully saturated rings. The van der Waals surface area contributed by atoms with Gasteiger partial charge in [-0.25, -0.2) is 0 Å². The molecule has 1 heterocycles. The van der Waals surface area contributed by atoms with Crippen LogP contribution in [0.4, 0.5) is 0 Å². The van der Waals surface area contributed by atoms with E-state index in [0.717, 1.165) is 18.4 Å². The standard InChI is InChI=1S/C18H19NO/c20-14-15-8-9-18(16-6-2-1-3-7-16)17(12-15)13-19-10-4-5-11-19/h1-3,6-9,12,14H,4-5,10-11,13H2. The zero-order valence-electron chi connectivity index (χ0n) is 11.6. The third-order valence-corrected chi connectivity index (χ3v) is 3.94. The normalized spacial score (nSPS) is 15.4. The van der Waals surface area contributed by atoms with Crippen molar-refractivity contribution in [1.82, 2.24) is 4.90 Å². The summed E-state index contributed by atoms with van der Waals surface area (Å²) in [7, 11) is 0. The summed E-state index contributed by atoms with van der Waals surface area (Å²) in [5.41, 5.74) is 4.48. The molecule has 0 amide bonds. The molecule has 0 N–H and O–H groups in total. The third kappa shape index (κ3) is 2.81. The van der Waals surface area contributed by atoms with Crippen molar-refractivity contribution in [3.63, 3.8) is 0 Å². The van der Waals surface area contributed by atoms with E-state index in [4.69, 9.17) is 0 Å². The van der Waals surface area contributed by atoms with Gasteiger partial charge in [0.15, 0.2) is 0 Å². The van der Waals surface area contributed by atoms with Gasteiger partial charge in [-0.15, -0.1) is 0 Å². The lowest BCUT2D eigenvalue weighted by Crippen LogP contribution is -2.19. The van der Waals surface area contributed by atoms with Gasteiger partial charge in [0.05, 0.1) is 0 Å². The Hall–Kier alpha value is -1.93. The molecular weight excluding hydrogens is 246 g/mol. The van der Waals surface area contributed by atoms with Crippen molar-refractivity contribution in [3.8, 4) is 11.1 Å². The van der Waals surface area contributed by atoms with E-state index in [-0.39, 0.29) is 0 Å². The number of aldehydes is 1. The van der Waals surface area contributed by atoms with Crippen LogP contribution >= 0.6 is 0 Å². The number of carbonyl (C=O) groups excluding carboxylic acids is 1. The number of benzene rings is 2. The van der Waals surface area contributed by atoms with E-state index in [9.17, 15) is 4.79 Å². The van der Waals surface area contributed by atoms with E-state index in [0.29, 0.717) is 0 Å². The van der Waals surface area contributed by atoms with Crippen LogP contribution in [0.15, 0.2) is 48.5 Å². The molecule has 2 heteroatoms. The summed E-state index contributed by atoms with van der Waals surface area (Å²) < 4.78 is 0. The minimum atomic E-state index is 0.763. The van der Waals surface area contributed by atoms with Crippen molar-refractivity contribution >= 4 is 6.29 Å². The van der Waals surface area contributed by atoms with E-state index >= 15 is 0 Å². The molecule has 1 aliphatic heterocycles. The fourth-order valence-corrected chi connectivity index (χ4v) is 2.90. The Morgan fingerprint density at radius 2 is 1.75 bits per heavy atom. The van der Waals surface area contributed by atoms with Crippen LogP contribution in [0.2, 0.25) is 0 Å². The Balaban J connectivity index is 1.97. The van der Waals surface area contributed by atoms with Crippen LogP contribution in [0.25, 0.3) is 11.1 Å². The Labute approximate surface area is 120 Å². The van der Waals surface area contributed by atoms with E-state index in [2.05, 4.69) is 35.2 Å². The van der Waals surface area contributed by atoms with Crippen LogP contribution in [0, 0.1) is 0 Å². The molecule has 0 unspecified atom stereocenters. The molecule has 1 aliphatic rings. The molecule has 2 nitrogen and oxygen atoms in total. The van der Waals surface area contributed by atoms with E-state index in [1.165, 1.54) is 42.6 Å². The molecule has 20 heavy (non-hydrogen) atoms. The van der Waals surface area contributed by atoms with Gasteiger partial charge in [0.2, 0.25) is 0 Å². The number of rotatable bonds is 4. The molecule has 102 valence electrons. The summed E-state index contributed by atoms with van der Waals surface area (Å²) in [5.74, 6) is 0. The molecule has 0 aliphatic carbocycles. The second kappa shape index (κ2) is 6.02. The number of nitrogens with zero attached hydrogens (tertiary/aromatic N) is 1. The van der Waals surface area contributed by atoms with Crippen LogP contribution in [0.1, 0.15) is 28.8 Å². The molecule has 0 spiro atoms. The van der Waals surface area contributed by atoms with Crippen molar-refractivity contribution in [2.45, 2.75) is 19.4 Å². The molecule has 2 aromatic carbocycles. The lowest BCUT2D eigenvalue weighted by atomic mass is 9.97. The van der Waals surface area contributed by atoms with Gasteiger partial charge >= 0.3 is 0 Å². The minimum Gasteiger partial charge on any atom is -0.299 e. The quantitative estimate of drug-likeness (QED) is 0.784. The van der Waals surface area contributed by atoms with Gasteiger partial charge in [0, 0.05) is 12.1 Å². The lowest BCUT2D eigenvalue weighted by Gasteiger charge is -2.18. The zero-order valence-corrected chi connectivity index (χ0v) is 11.6. The number of hydrogen-bond acceptors (Lipinski definition) is 2. The first kappa shape index (κ1) is 13.1. The first-order chi connectivity index (χ1) is 9.86. The summed E-state index contributed by atoms with van der Waals surface area (Å²) in [5, 5.41) is 0. The second-order valence-electron chi connectivity index (χ2n) is 5.38. The van der Waals surface area contributed by atoms with Crippen LogP contribution in [-0.4, -0.2) is 24.3 Å². The van der Waals surface area contributed by atoms with Gasteiger partial charge in [-0.3, -0.25) is 9.69 Å². The van der Waals surface area contributed by atoms with Crippen LogP contribution in [0.5, 0.6) is 0 Å². The zero-order chi connectivity index (χ0) is 13.8. The summed E-state index contributed by atoms with van der Waals surface area (Å²) >= 11 is 0. The second-order valence-corrected chi connectivity index (χ2v) is 5.38. The fourth-order valence-electron chi connectivity index (χ4n) is 2.90. The highest BCUT2D eigenvalue weighted by molar-refractivity contribution is 5.78. The Morgan fingerprint density at radius 1 is 1.00 bits per heavy atom. The molecule has 0 bridgehead atoms. The van der Waals surface area contributed by atoms with E-state index < -0.39 is 0 Å². The van der Waals surface area contributed by atoms with Crippen LogP contribution in [-0.2, 0) is 6.54 Å². The molecular formula is C18H19NO. The number of hydrogen-bond donors (Lipinski definition) is 0. The summed E-state index contributed by atoms with van der Waals surface area (Å²) in [4.78, 5) is 13.5. The van der Waals surface area contributed by atoms with Crippen molar-refractivity contribution in [2.75, 3.05) is 13.1 Å². The van der Waals surface area contributed by atoms with Crippen molar-refractivity contribution in [1.29, 1.82) is 0 Å². The Morgan fingerprint density at radius 3 is 2.45 bits per heavy atom. The largest absolute Gasteiger partial charge is 0.299 e. The average molecular weight is 265 g/mol. The molecule has 1 saturated heterocycles. The van der Waals surface area contributed by atoms with Gasteiger partial charge in [-0.2, -0.15) is 0 Å². The molecule has 0 saturated carbocycles. The fraction of sp³-hybridized carbons (Fsp3) is 0.278. The van der Waals surface area contributed by atoms with E-state index in [1.54, 1.807) is 0 Å². The summed E-state index contributed by atoms with van der Waals surface area (Å²) in [6.45, 7) is 3.27. The Kier molecular flexibility index (Phi) is 3.93. The predicted octanol–water partition coefficient (Wildman–Crippen LogP) is 3.76. The highest BCUT2D eigenvalue weighted by Crippen LogP contribution is 2.26. The van der Waals surface area contributed by atoms with Gasteiger partial charge < -0.3 is 0 Å². The first-order valence-electron chi connectivity index (χ1n) is 7.23. The third-order valence-electron chi connectivity index (χ3n) is 3.94. The van der Waals surface area contributed by atoms with Crippen molar-refractivity contribution in [3.05, 3.63) is 59.7 Å². The van der Waals surface area contributed by atoms with Crippen molar-refractivity contribution in [2.24, 2.45) is 0 Å². The minimum absolute atomic E-state index is 0.763. The van der Waals surface area contributed by atoms with Crippen LogP contribution < -0.4 is 0 Å². The van der Waals surface area contributed by atoms with Gasteiger partial charge in [0.1, 0.15) is 6.29 Å². The van der Waals surface area contributed by atoms with Crippen molar-refractivity contribution < 1.29 is 4.79 Å². The molecule has 2 aromatic rings. The molecule has 0 atom stereocenters. The topological polar surface area (TPSA) is 20.3 Å². The predicted molar refractivity (Wildman–Crippen MR) is 81.8 cm³/mol. The van der Waals surface area contributed by atoms with Gasteiger partial charge in [0.25, 0.3) is 0 Å². The maximum Gasteiger partial charge on any atom is 0.150 e. The number of carbonyl (C=O) groups is 1. The summed E-state index contributed by atoms with van der Waals surface area (Å²) in [6, 6.07) is 16.4. The smallest absolute Gasteiger partial charge is 0.150 e. The maximum absolute atomic E-state index is 11.0. The lowest BCUT2D eigenvalue weighted by molar-refractivity contribution is 0.112. The molecule has 0 aromatic heterocycles. The highest BCUT2D eigenvalue weighted by Gasteiger charge is 2.14. The number of likely N-dealkylation sites (tertiary alicyclic amines) is 1. The van der Waals surface area contributed by atoms with Gasteiger partial charge in [-0.05, 0) is 48.7 Å². The molecule has 0 radical (unpaired) electrons. The highest BCUT2D eigenvalue weighted by atomic mass is 16.1. The molecule has 3 rings (SSSR count). The summed E-state index contributed by atoms with van der Waals surface area (Å²) in [6.07, 6.45) is 3.50.